The molecular weight excluding hydrogens is 232 g/mol. The van der Waals surface area contributed by atoms with Crippen molar-refractivity contribution in [3.8, 4) is 0 Å². The topological polar surface area (TPSA) is 15.3 Å². The summed E-state index contributed by atoms with van der Waals surface area (Å²) >= 11 is 0. The fourth-order valence-corrected chi connectivity index (χ4v) is 2.25. The molecule has 0 saturated carbocycles. The van der Waals surface area contributed by atoms with Crippen LogP contribution in [0.4, 0.5) is 11.4 Å². The van der Waals surface area contributed by atoms with E-state index in [2.05, 4.69) is 73.6 Å². The van der Waals surface area contributed by atoms with Crippen LogP contribution >= 0.6 is 0 Å². The van der Waals surface area contributed by atoms with Crippen LogP contribution in [0.5, 0.6) is 0 Å². The van der Waals surface area contributed by atoms with Crippen LogP contribution in [0.3, 0.4) is 0 Å². The van der Waals surface area contributed by atoms with E-state index in [4.69, 9.17) is 0 Å². The molecule has 2 heteroatoms. The van der Waals surface area contributed by atoms with Crippen LogP contribution in [0.15, 0.2) is 42.5 Å². The maximum Gasteiger partial charge on any atom is 0.0428 e. The van der Waals surface area contributed by atoms with Crippen LogP contribution in [0.1, 0.15) is 16.7 Å². The van der Waals surface area contributed by atoms with E-state index in [1.54, 1.807) is 0 Å². The summed E-state index contributed by atoms with van der Waals surface area (Å²) in [5, 5.41) is 3.14. The molecule has 0 atom stereocenters. The zero-order chi connectivity index (χ0) is 13.8. The van der Waals surface area contributed by atoms with E-state index in [1.807, 2.05) is 7.05 Å². The molecule has 0 saturated heterocycles. The number of hydrogen-bond donors (Lipinski definition) is 1. The van der Waals surface area contributed by atoms with Crippen molar-refractivity contribution in [1.82, 2.24) is 0 Å². The molecule has 2 aromatic rings. The minimum absolute atomic E-state index is 0.936. The maximum absolute atomic E-state index is 3.14. The van der Waals surface area contributed by atoms with E-state index in [9.17, 15) is 0 Å². The summed E-state index contributed by atoms with van der Waals surface area (Å²) in [7, 11) is 4.07. The molecule has 2 rings (SSSR count). The molecule has 0 aliphatic heterocycles. The molecule has 0 unspecified atom stereocenters. The fourth-order valence-electron chi connectivity index (χ4n) is 2.25. The van der Waals surface area contributed by atoms with E-state index in [1.165, 1.54) is 22.4 Å². The highest BCUT2D eigenvalue weighted by Gasteiger charge is 2.04. The molecule has 0 aromatic heterocycles. The highest BCUT2D eigenvalue weighted by atomic mass is 15.1. The van der Waals surface area contributed by atoms with Crippen LogP contribution < -0.4 is 10.2 Å². The molecule has 0 fully saturated rings. The van der Waals surface area contributed by atoms with Crippen LogP contribution in [0.2, 0.25) is 0 Å². The molecule has 0 spiro atoms. The Bertz CT molecular complexity index is 544. The van der Waals surface area contributed by atoms with Gasteiger partial charge in [0.1, 0.15) is 0 Å². The molecule has 0 aliphatic rings. The first-order valence-electron chi connectivity index (χ1n) is 6.65. The van der Waals surface area contributed by atoms with Crippen molar-refractivity contribution < 1.29 is 0 Å². The zero-order valence-corrected chi connectivity index (χ0v) is 12.2. The third kappa shape index (κ3) is 3.28. The summed E-state index contributed by atoms with van der Waals surface area (Å²) in [6.07, 6.45) is 0. The number of hydrogen-bond acceptors (Lipinski definition) is 2. The maximum atomic E-state index is 3.14. The van der Waals surface area contributed by atoms with Gasteiger partial charge in [0.15, 0.2) is 0 Å². The van der Waals surface area contributed by atoms with Crippen molar-refractivity contribution in [1.29, 1.82) is 0 Å². The molecule has 0 heterocycles. The molecule has 1 N–H and O–H groups in total. The Morgan fingerprint density at radius 1 is 1.00 bits per heavy atom. The van der Waals surface area contributed by atoms with Crippen LogP contribution in [0.25, 0.3) is 0 Å². The number of nitrogens with one attached hydrogen (secondary N) is 1. The van der Waals surface area contributed by atoms with Gasteiger partial charge in [-0.15, -0.1) is 0 Å². The monoisotopic (exact) mass is 254 g/mol. The Labute approximate surface area is 116 Å². The molecular formula is C17H22N2. The van der Waals surface area contributed by atoms with E-state index in [0.29, 0.717) is 0 Å². The van der Waals surface area contributed by atoms with Crippen molar-refractivity contribution >= 4 is 11.4 Å². The van der Waals surface area contributed by atoms with Gasteiger partial charge in [-0.05, 0) is 49.2 Å². The lowest BCUT2D eigenvalue weighted by atomic mass is 10.1. The van der Waals surface area contributed by atoms with Crippen molar-refractivity contribution in [2.45, 2.75) is 20.4 Å². The first-order valence-corrected chi connectivity index (χ1v) is 6.65. The smallest absolute Gasteiger partial charge is 0.0428 e. The predicted octanol–water partition coefficient (Wildman–Crippen LogP) is 3.98. The van der Waals surface area contributed by atoms with Gasteiger partial charge in [0.05, 0.1) is 0 Å². The van der Waals surface area contributed by atoms with E-state index < -0.39 is 0 Å². The van der Waals surface area contributed by atoms with E-state index in [-0.39, 0.29) is 0 Å². The summed E-state index contributed by atoms with van der Waals surface area (Å²) in [4.78, 5) is 2.27. The lowest BCUT2D eigenvalue weighted by molar-refractivity contribution is 0.913. The Kier molecular flexibility index (Phi) is 4.10. The quantitative estimate of drug-likeness (QED) is 0.887. The van der Waals surface area contributed by atoms with Crippen molar-refractivity contribution in [3.05, 3.63) is 59.2 Å². The van der Waals surface area contributed by atoms with Gasteiger partial charge in [0.25, 0.3) is 0 Å². The predicted molar refractivity (Wildman–Crippen MR) is 84.0 cm³/mol. The standard InChI is InChI=1S/C17H22N2/c1-13-5-6-15(14(2)11-13)12-19(4)17-9-7-16(18-3)8-10-17/h5-11,18H,12H2,1-4H3. The highest BCUT2D eigenvalue weighted by Crippen LogP contribution is 2.20. The third-order valence-corrected chi connectivity index (χ3v) is 3.50. The summed E-state index contributed by atoms with van der Waals surface area (Å²) in [5.74, 6) is 0. The molecule has 0 bridgehead atoms. The minimum atomic E-state index is 0.936. The summed E-state index contributed by atoms with van der Waals surface area (Å²) in [6.45, 7) is 5.25. The van der Waals surface area contributed by atoms with Crippen LogP contribution in [-0.4, -0.2) is 14.1 Å². The SMILES string of the molecule is CNc1ccc(N(C)Cc2ccc(C)cc2C)cc1. The minimum Gasteiger partial charge on any atom is -0.388 e. The fraction of sp³-hybridized carbons (Fsp3) is 0.294. The number of nitrogens with zero attached hydrogens (tertiary/aromatic N) is 1. The Balaban J connectivity index is 2.13. The largest absolute Gasteiger partial charge is 0.388 e. The number of aryl methyl sites for hydroxylation is 2. The van der Waals surface area contributed by atoms with Gasteiger partial charge in [0.2, 0.25) is 0 Å². The van der Waals surface area contributed by atoms with Crippen LogP contribution in [-0.2, 0) is 6.54 Å². The molecule has 2 nitrogen and oxygen atoms in total. The third-order valence-electron chi connectivity index (χ3n) is 3.50. The lowest BCUT2D eigenvalue weighted by Crippen LogP contribution is -2.17. The first-order chi connectivity index (χ1) is 9.10. The highest BCUT2D eigenvalue weighted by molar-refractivity contribution is 5.54. The summed E-state index contributed by atoms with van der Waals surface area (Å²) in [5.41, 5.74) is 6.44. The molecule has 0 radical (unpaired) electrons. The van der Waals surface area contributed by atoms with Gasteiger partial charge in [-0.25, -0.2) is 0 Å². The number of benzene rings is 2. The van der Waals surface area contributed by atoms with Gasteiger partial charge >= 0.3 is 0 Å². The first kappa shape index (κ1) is 13.5. The van der Waals surface area contributed by atoms with E-state index >= 15 is 0 Å². The van der Waals surface area contributed by atoms with Crippen molar-refractivity contribution in [2.24, 2.45) is 0 Å². The number of rotatable bonds is 4. The molecule has 100 valence electrons. The normalized spacial score (nSPS) is 10.3. The molecule has 2 aromatic carbocycles. The second-order valence-corrected chi connectivity index (χ2v) is 5.08. The summed E-state index contributed by atoms with van der Waals surface area (Å²) < 4.78 is 0. The average molecular weight is 254 g/mol. The Morgan fingerprint density at radius 2 is 1.68 bits per heavy atom. The van der Waals surface area contributed by atoms with Crippen molar-refractivity contribution in [2.75, 3.05) is 24.3 Å². The molecule has 0 aliphatic carbocycles. The van der Waals surface area contributed by atoms with Crippen molar-refractivity contribution in [3.63, 3.8) is 0 Å². The van der Waals surface area contributed by atoms with Gasteiger partial charge in [-0.3, -0.25) is 0 Å². The lowest BCUT2D eigenvalue weighted by Gasteiger charge is -2.21. The molecule has 19 heavy (non-hydrogen) atoms. The van der Waals surface area contributed by atoms with E-state index in [0.717, 1.165) is 12.2 Å². The van der Waals surface area contributed by atoms with Gasteiger partial charge in [0, 0.05) is 32.0 Å². The second-order valence-electron chi connectivity index (χ2n) is 5.08. The zero-order valence-electron chi connectivity index (χ0n) is 12.2. The average Bonchev–Trinajstić information content (AvgIpc) is 2.42. The Morgan fingerprint density at radius 3 is 2.26 bits per heavy atom. The summed E-state index contributed by atoms with van der Waals surface area (Å²) in [6, 6.07) is 15.2. The van der Waals surface area contributed by atoms with Gasteiger partial charge in [-0.2, -0.15) is 0 Å². The second kappa shape index (κ2) is 5.79. The Hall–Kier alpha value is -1.96. The molecule has 0 amide bonds. The van der Waals surface area contributed by atoms with Gasteiger partial charge < -0.3 is 10.2 Å². The van der Waals surface area contributed by atoms with Crippen LogP contribution in [0, 0.1) is 13.8 Å². The van der Waals surface area contributed by atoms with Gasteiger partial charge in [-0.1, -0.05) is 23.8 Å². The number of anilines is 2.